The van der Waals surface area contributed by atoms with Crippen molar-refractivity contribution in [1.82, 2.24) is 9.97 Å². The molecule has 4 bridgehead atoms. The molecule has 4 aliphatic rings. The molecule has 0 spiro atoms. The predicted molar refractivity (Wildman–Crippen MR) is 71.6 cm³/mol. The highest BCUT2D eigenvalue weighted by atomic mass is 16.4. The Morgan fingerprint density at radius 1 is 1.15 bits per heavy atom. The Labute approximate surface area is 116 Å². The summed E-state index contributed by atoms with van der Waals surface area (Å²) in [6.07, 6.45) is 6.34. The molecule has 0 aliphatic heterocycles. The molecule has 4 saturated carbocycles. The van der Waals surface area contributed by atoms with Crippen LogP contribution in [0.15, 0.2) is 10.9 Å². The highest BCUT2D eigenvalue weighted by Gasteiger charge is 2.49. The van der Waals surface area contributed by atoms with Crippen molar-refractivity contribution in [1.29, 1.82) is 0 Å². The molecule has 0 saturated heterocycles. The van der Waals surface area contributed by atoms with Crippen LogP contribution in [0.2, 0.25) is 0 Å². The molecule has 106 valence electrons. The summed E-state index contributed by atoms with van der Waals surface area (Å²) in [4.78, 5) is 29.0. The zero-order chi connectivity index (χ0) is 13.9. The first kappa shape index (κ1) is 12.1. The van der Waals surface area contributed by atoms with E-state index in [0.717, 1.165) is 17.5 Å². The first-order valence-electron chi connectivity index (χ1n) is 7.44. The van der Waals surface area contributed by atoms with Gasteiger partial charge in [-0.25, -0.2) is 9.59 Å². The normalized spacial score (nSPS) is 38.1. The van der Waals surface area contributed by atoms with Gasteiger partial charge in [-0.05, 0) is 61.8 Å². The molecule has 0 atom stereocenters. The van der Waals surface area contributed by atoms with E-state index in [2.05, 4.69) is 9.97 Å². The van der Waals surface area contributed by atoms with Crippen LogP contribution in [-0.2, 0) is 0 Å². The fourth-order valence-electron chi connectivity index (χ4n) is 5.20. The van der Waals surface area contributed by atoms with Gasteiger partial charge in [0.15, 0.2) is 5.69 Å². The summed E-state index contributed by atoms with van der Waals surface area (Å²) < 4.78 is 0. The Hall–Kier alpha value is -1.65. The lowest BCUT2D eigenvalue weighted by atomic mass is 9.51. The molecular formula is C15H18N2O3. The average molecular weight is 274 g/mol. The minimum atomic E-state index is -1.12. The SMILES string of the molecule is O=C(O)c1cc(C2C3CC4CC(C3)CC2C4)[nH]c(=O)n1. The Balaban J connectivity index is 1.74. The molecule has 20 heavy (non-hydrogen) atoms. The lowest BCUT2D eigenvalue weighted by Crippen LogP contribution is -2.44. The number of rotatable bonds is 2. The summed E-state index contributed by atoms with van der Waals surface area (Å²) in [5.41, 5.74) is 0.141. The molecule has 1 aromatic heterocycles. The molecule has 5 nitrogen and oxygen atoms in total. The zero-order valence-electron chi connectivity index (χ0n) is 11.2. The van der Waals surface area contributed by atoms with Gasteiger partial charge in [-0.2, -0.15) is 4.98 Å². The molecule has 1 heterocycles. The standard InChI is InChI=1S/C15H18N2O3/c18-14(19)12-6-11(16-15(20)17-12)13-9-2-7-1-8(4-9)5-10(13)3-7/h6-10,13H,1-5H2,(H,18,19)(H,16,17,20). The van der Waals surface area contributed by atoms with Gasteiger partial charge >= 0.3 is 11.7 Å². The van der Waals surface area contributed by atoms with Crippen LogP contribution in [0, 0.1) is 23.7 Å². The molecule has 0 amide bonds. The van der Waals surface area contributed by atoms with Gasteiger partial charge in [-0.15, -0.1) is 0 Å². The maximum Gasteiger partial charge on any atom is 0.354 e. The molecule has 5 rings (SSSR count). The quantitative estimate of drug-likeness (QED) is 0.864. The molecule has 0 radical (unpaired) electrons. The smallest absolute Gasteiger partial charge is 0.354 e. The number of H-pyrrole nitrogens is 1. The van der Waals surface area contributed by atoms with Crippen LogP contribution in [0.1, 0.15) is 54.2 Å². The highest BCUT2D eigenvalue weighted by Crippen LogP contribution is 2.59. The third-order valence-electron chi connectivity index (χ3n) is 5.57. The van der Waals surface area contributed by atoms with Gasteiger partial charge in [-0.1, -0.05) is 0 Å². The Kier molecular flexibility index (Phi) is 2.53. The summed E-state index contributed by atoms with van der Waals surface area (Å²) in [6, 6.07) is 1.58. The van der Waals surface area contributed by atoms with Crippen molar-refractivity contribution in [2.75, 3.05) is 0 Å². The number of carbonyl (C=O) groups is 1. The number of nitrogens with one attached hydrogen (secondary N) is 1. The summed E-state index contributed by atoms with van der Waals surface area (Å²) in [5.74, 6) is 2.16. The van der Waals surface area contributed by atoms with Gasteiger partial charge in [0.05, 0.1) is 0 Å². The van der Waals surface area contributed by atoms with E-state index in [0.29, 0.717) is 17.8 Å². The average Bonchev–Trinajstić information content (AvgIpc) is 2.36. The lowest BCUT2D eigenvalue weighted by molar-refractivity contribution is -0.00432. The number of hydrogen-bond acceptors (Lipinski definition) is 3. The van der Waals surface area contributed by atoms with Crippen molar-refractivity contribution in [3.8, 4) is 0 Å². The van der Waals surface area contributed by atoms with Crippen LogP contribution in [0.3, 0.4) is 0 Å². The van der Waals surface area contributed by atoms with Gasteiger partial charge in [0.25, 0.3) is 0 Å². The number of aromatic amines is 1. The van der Waals surface area contributed by atoms with Crippen molar-refractivity contribution in [3.63, 3.8) is 0 Å². The molecule has 1 aromatic rings. The minimum Gasteiger partial charge on any atom is -0.477 e. The van der Waals surface area contributed by atoms with E-state index < -0.39 is 11.7 Å². The van der Waals surface area contributed by atoms with Crippen LogP contribution >= 0.6 is 0 Å². The summed E-state index contributed by atoms with van der Waals surface area (Å²) in [5, 5.41) is 9.07. The van der Waals surface area contributed by atoms with Crippen LogP contribution in [0.5, 0.6) is 0 Å². The molecule has 0 aromatic carbocycles. The van der Waals surface area contributed by atoms with E-state index in [4.69, 9.17) is 5.11 Å². The Bertz CT molecular complexity index is 594. The number of aromatic carboxylic acids is 1. The van der Waals surface area contributed by atoms with Gasteiger partial charge in [0.2, 0.25) is 0 Å². The van der Waals surface area contributed by atoms with E-state index in [-0.39, 0.29) is 5.69 Å². The van der Waals surface area contributed by atoms with Gasteiger partial charge in [0.1, 0.15) is 0 Å². The van der Waals surface area contributed by atoms with E-state index >= 15 is 0 Å². The van der Waals surface area contributed by atoms with Gasteiger partial charge in [0, 0.05) is 11.6 Å². The summed E-state index contributed by atoms with van der Waals surface area (Å²) >= 11 is 0. The number of hydrogen-bond donors (Lipinski definition) is 2. The third-order valence-corrected chi connectivity index (χ3v) is 5.57. The second-order valence-electron chi connectivity index (χ2n) is 6.79. The summed E-state index contributed by atoms with van der Waals surface area (Å²) in [7, 11) is 0. The maximum absolute atomic E-state index is 11.6. The van der Waals surface area contributed by atoms with E-state index in [9.17, 15) is 9.59 Å². The zero-order valence-corrected chi connectivity index (χ0v) is 11.2. The molecule has 2 N–H and O–H groups in total. The number of carboxylic acid groups (broad SMARTS) is 1. The van der Waals surface area contributed by atoms with Gasteiger partial charge < -0.3 is 10.1 Å². The van der Waals surface area contributed by atoms with Crippen LogP contribution < -0.4 is 5.69 Å². The van der Waals surface area contributed by atoms with Crippen LogP contribution in [0.25, 0.3) is 0 Å². The Morgan fingerprint density at radius 2 is 1.75 bits per heavy atom. The van der Waals surface area contributed by atoms with Crippen molar-refractivity contribution in [2.24, 2.45) is 23.7 Å². The lowest BCUT2D eigenvalue weighted by Gasteiger charge is -2.54. The fourth-order valence-corrected chi connectivity index (χ4v) is 5.20. The molecule has 5 heteroatoms. The minimum absolute atomic E-state index is 0.127. The second-order valence-corrected chi connectivity index (χ2v) is 6.79. The van der Waals surface area contributed by atoms with Crippen molar-refractivity contribution < 1.29 is 9.90 Å². The van der Waals surface area contributed by atoms with E-state index in [1.807, 2.05) is 0 Å². The molecule has 4 fully saturated rings. The van der Waals surface area contributed by atoms with Crippen molar-refractivity contribution in [3.05, 3.63) is 27.9 Å². The number of aromatic nitrogens is 2. The second kappa shape index (κ2) is 4.17. The van der Waals surface area contributed by atoms with E-state index in [1.54, 1.807) is 6.07 Å². The fraction of sp³-hybridized carbons (Fsp3) is 0.667. The molecule has 0 unspecified atom stereocenters. The maximum atomic E-state index is 11.6. The van der Waals surface area contributed by atoms with Crippen LogP contribution in [0.4, 0.5) is 0 Å². The topological polar surface area (TPSA) is 83.0 Å². The number of nitrogens with zero attached hydrogens (tertiary/aromatic N) is 1. The Morgan fingerprint density at radius 3 is 2.30 bits per heavy atom. The van der Waals surface area contributed by atoms with Crippen molar-refractivity contribution in [2.45, 2.75) is 38.0 Å². The van der Waals surface area contributed by atoms with Crippen LogP contribution in [-0.4, -0.2) is 21.0 Å². The summed E-state index contributed by atoms with van der Waals surface area (Å²) in [6.45, 7) is 0. The first-order chi connectivity index (χ1) is 9.60. The van der Waals surface area contributed by atoms with E-state index in [1.165, 1.54) is 32.1 Å². The molecule has 4 aliphatic carbocycles. The number of carboxylic acids is 1. The predicted octanol–water partition coefficient (Wildman–Crippen LogP) is 2.01. The molecular weight excluding hydrogens is 256 g/mol. The third kappa shape index (κ3) is 1.79. The van der Waals surface area contributed by atoms with Gasteiger partial charge in [-0.3, -0.25) is 0 Å². The highest BCUT2D eigenvalue weighted by molar-refractivity contribution is 5.85. The van der Waals surface area contributed by atoms with Crippen molar-refractivity contribution >= 4 is 5.97 Å². The monoisotopic (exact) mass is 274 g/mol. The first-order valence-corrected chi connectivity index (χ1v) is 7.44. The largest absolute Gasteiger partial charge is 0.477 e.